The van der Waals surface area contributed by atoms with Crippen molar-refractivity contribution in [1.82, 2.24) is 14.5 Å². The average molecular weight is 407 g/mol. The number of aryl methyl sites for hydroxylation is 3. The first-order valence-corrected chi connectivity index (χ1v) is 12.5. The summed E-state index contributed by atoms with van der Waals surface area (Å²) in [6.07, 6.45) is 7.85. The van der Waals surface area contributed by atoms with E-state index in [1.807, 2.05) is 13.8 Å². The predicted octanol–water partition coefficient (Wildman–Crippen LogP) is 3.97. The zero-order chi connectivity index (χ0) is 20.3. The quantitative estimate of drug-likeness (QED) is 0.570. The molecule has 0 radical (unpaired) electrons. The molecule has 2 aromatic rings. The van der Waals surface area contributed by atoms with Crippen molar-refractivity contribution >= 4 is 26.7 Å². The summed E-state index contributed by atoms with van der Waals surface area (Å²) < 4.78 is 26.4. The van der Waals surface area contributed by atoms with Gasteiger partial charge in [0.1, 0.15) is 21.2 Å². The van der Waals surface area contributed by atoms with E-state index in [9.17, 15) is 8.42 Å². The normalized spacial score (nSPS) is 14.8. The summed E-state index contributed by atoms with van der Waals surface area (Å²) in [4.78, 5) is 9.29. The van der Waals surface area contributed by atoms with Gasteiger partial charge in [0.2, 0.25) is 0 Å². The molecule has 1 aliphatic carbocycles. The van der Waals surface area contributed by atoms with Gasteiger partial charge in [-0.1, -0.05) is 19.8 Å². The van der Waals surface area contributed by atoms with E-state index in [1.54, 1.807) is 0 Å². The van der Waals surface area contributed by atoms with E-state index in [-0.39, 0.29) is 0 Å². The van der Waals surface area contributed by atoms with Crippen molar-refractivity contribution in [3.8, 4) is 0 Å². The monoisotopic (exact) mass is 406 g/mol. The van der Waals surface area contributed by atoms with Gasteiger partial charge in [-0.2, -0.15) is 0 Å². The van der Waals surface area contributed by atoms with Crippen LogP contribution in [0.2, 0.25) is 0 Å². The van der Waals surface area contributed by atoms with Gasteiger partial charge in [0.05, 0.1) is 17.0 Å². The molecule has 28 heavy (non-hydrogen) atoms. The molecule has 6 nitrogen and oxygen atoms in total. The van der Waals surface area contributed by atoms with Crippen molar-refractivity contribution in [2.24, 2.45) is 5.92 Å². The SMILES string of the molecule is CCCCS(=O)(=O)CCCCCn1c(CC2CC2)nc2c(N)nc(C)c(C)c21. The number of fused-ring (bicyclic) bond motifs is 1. The third-order valence-corrected chi connectivity index (χ3v) is 7.61. The van der Waals surface area contributed by atoms with Crippen molar-refractivity contribution in [2.75, 3.05) is 17.2 Å². The Morgan fingerprint density at radius 2 is 1.79 bits per heavy atom. The van der Waals surface area contributed by atoms with E-state index in [1.165, 1.54) is 12.8 Å². The molecule has 7 heteroatoms. The summed E-state index contributed by atoms with van der Waals surface area (Å²) in [7, 11) is -2.89. The van der Waals surface area contributed by atoms with Crippen LogP contribution in [0.1, 0.15) is 69.0 Å². The number of hydrogen-bond acceptors (Lipinski definition) is 5. The molecule has 156 valence electrons. The molecule has 2 aromatic heterocycles. The van der Waals surface area contributed by atoms with Crippen molar-refractivity contribution in [3.05, 3.63) is 17.1 Å². The van der Waals surface area contributed by atoms with Gasteiger partial charge in [-0.25, -0.2) is 18.4 Å². The Bertz CT molecular complexity index is 930. The molecule has 1 saturated carbocycles. The lowest BCUT2D eigenvalue weighted by atomic mass is 10.2. The number of nitrogens with two attached hydrogens (primary N) is 1. The van der Waals surface area contributed by atoms with E-state index in [0.717, 1.165) is 79.1 Å². The van der Waals surface area contributed by atoms with Gasteiger partial charge in [-0.05, 0) is 57.4 Å². The lowest BCUT2D eigenvalue weighted by Crippen LogP contribution is -2.11. The van der Waals surface area contributed by atoms with Crippen LogP contribution in [0.25, 0.3) is 11.0 Å². The van der Waals surface area contributed by atoms with E-state index in [2.05, 4.69) is 16.5 Å². The highest BCUT2D eigenvalue weighted by atomic mass is 32.2. The van der Waals surface area contributed by atoms with E-state index in [0.29, 0.717) is 17.3 Å². The lowest BCUT2D eigenvalue weighted by Gasteiger charge is -2.12. The van der Waals surface area contributed by atoms with Crippen LogP contribution in [-0.4, -0.2) is 34.5 Å². The number of unbranched alkanes of at least 4 members (excludes halogenated alkanes) is 3. The summed E-state index contributed by atoms with van der Waals surface area (Å²) in [5.41, 5.74) is 10.2. The largest absolute Gasteiger partial charge is 0.382 e. The summed E-state index contributed by atoms with van der Waals surface area (Å²) in [5, 5.41) is 0. The number of rotatable bonds is 11. The molecule has 2 heterocycles. The second-order valence-corrected chi connectivity index (χ2v) is 10.6. The minimum Gasteiger partial charge on any atom is -0.382 e. The molecule has 2 N–H and O–H groups in total. The highest BCUT2D eigenvalue weighted by Crippen LogP contribution is 2.34. The molecule has 0 aromatic carbocycles. The Kier molecular flexibility index (Phi) is 6.63. The summed E-state index contributed by atoms with van der Waals surface area (Å²) >= 11 is 0. The number of nitrogens with zero attached hydrogens (tertiary/aromatic N) is 3. The fourth-order valence-electron chi connectivity index (χ4n) is 3.76. The van der Waals surface area contributed by atoms with Gasteiger partial charge in [0.15, 0.2) is 5.82 Å². The molecule has 0 saturated heterocycles. The Hall–Kier alpha value is -1.63. The summed E-state index contributed by atoms with van der Waals surface area (Å²) in [5.74, 6) is 2.99. The predicted molar refractivity (Wildman–Crippen MR) is 115 cm³/mol. The fourth-order valence-corrected chi connectivity index (χ4v) is 5.34. The van der Waals surface area contributed by atoms with Crippen molar-refractivity contribution in [2.45, 2.75) is 78.7 Å². The molecule has 1 fully saturated rings. The number of sulfone groups is 1. The van der Waals surface area contributed by atoms with Crippen LogP contribution >= 0.6 is 0 Å². The molecule has 0 spiro atoms. The Morgan fingerprint density at radius 3 is 2.46 bits per heavy atom. The number of aromatic nitrogens is 3. The van der Waals surface area contributed by atoms with E-state index in [4.69, 9.17) is 10.7 Å². The average Bonchev–Trinajstić information content (AvgIpc) is 3.38. The minimum atomic E-state index is -2.89. The third-order valence-electron chi connectivity index (χ3n) is 5.79. The molecular weight excluding hydrogens is 372 g/mol. The van der Waals surface area contributed by atoms with E-state index < -0.39 is 9.84 Å². The second-order valence-electron chi connectivity index (χ2n) is 8.30. The van der Waals surface area contributed by atoms with E-state index >= 15 is 0 Å². The summed E-state index contributed by atoms with van der Waals surface area (Å²) in [6.45, 7) is 6.96. The van der Waals surface area contributed by atoms with Crippen LogP contribution in [0.4, 0.5) is 5.82 Å². The molecule has 0 amide bonds. The van der Waals surface area contributed by atoms with Gasteiger partial charge in [0.25, 0.3) is 0 Å². The van der Waals surface area contributed by atoms with Crippen LogP contribution < -0.4 is 5.73 Å². The second kappa shape index (κ2) is 8.80. The molecular formula is C21H34N4O2S. The molecule has 3 rings (SSSR count). The standard InChI is InChI=1S/C21H34N4O2S/c1-4-5-12-28(26,27)13-8-6-7-11-25-18(14-17-9-10-17)24-19-20(25)15(2)16(3)23-21(19)22/h17H,4-14H2,1-3H3,(H2,22,23). The zero-order valence-corrected chi connectivity index (χ0v) is 18.3. The van der Waals surface area contributed by atoms with Crippen LogP contribution in [0.15, 0.2) is 0 Å². The zero-order valence-electron chi connectivity index (χ0n) is 17.5. The first-order chi connectivity index (χ1) is 13.3. The van der Waals surface area contributed by atoms with Crippen molar-refractivity contribution in [3.63, 3.8) is 0 Å². The van der Waals surface area contributed by atoms with Gasteiger partial charge in [-0.15, -0.1) is 0 Å². The molecule has 0 unspecified atom stereocenters. The smallest absolute Gasteiger partial charge is 0.151 e. The molecule has 0 bridgehead atoms. The van der Waals surface area contributed by atoms with Crippen LogP contribution in [0.5, 0.6) is 0 Å². The first kappa shape index (κ1) is 21.1. The van der Waals surface area contributed by atoms with Crippen LogP contribution in [0.3, 0.4) is 0 Å². The van der Waals surface area contributed by atoms with Gasteiger partial charge < -0.3 is 10.3 Å². The number of nitrogen functional groups attached to an aromatic ring is 1. The number of pyridine rings is 1. The minimum absolute atomic E-state index is 0.307. The highest BCUT2D eigenvalue weighted by Gasteiger charge is 2.26. The highest BCUT2D eigenvalue weighted by molar-refractivity contribution is 7.91. The first-order valence-electron chi connectivity index (χ1n) is 10.6. The maximum atomic E-state index is 12.0. The maximum absolute atomic E-state index is 12.0. The molecule has 0 aliphatic heterocycles. The third kappa shape index (κ3) is 5.04. The van der Waals surface area contributed by atoms with Crippen LogP contribution in [0, 0.1) is 19.8 Å². The Morgan fingerprint density at radius 1 is 1.07 bits per heavy atom. The maximum Gasteiger partial charge on any atom is 0.151 e. The number of anilines is 1. The lowest BCUT2D eigenvalue weighted by molar-refractivity contribution is 0.567. The molecule has 0 atom stereocenters. The fraction of sp³-hybridized carbons (Fsp3) is 0.714. The number of imidazole rings is 1. The van der Waals surface area contributed by atoms with Crippen LogP contribution in [-0.2, 0) is 22.8 Å². The van der Waals surface area contributed by atoms with Crippen molar-refractivity contribution < 1.29 is 8.42 Å². The van der Waals surface area contributed by atoms with Gasteiger partial charge in [0, 0.05) is 18.7 Å². The Balaban J connectivity index is 1.69. The number of hydrogen-bond donors (Lipinski definition) is 1. The summed E-state index contributed by atoms with van der Waals surface area (Å²) in [6, 6.07) is 0. The topological polar surface area (TPSA) is 90.9 Å². The molecule has 1 aliphatic rings. The van der Waals surface area contributed by atoms with Gasteiger partial charge >= 0.3 is 0 Å². The Labute approximate surface area is 168 Å². The van der Waals surface area contributed by atoms with Crippen molar-refractivity contribution in [1.29, 1.82) is 0 Å². The van der Waals surface area contributed by atoms with Gasteiger partial charge in [-0.3, -0.25) is 0 Å².